The quantitative estimate of drug-likeness (QED) is 0.390. The van der Waals surface area contributed by atoms with Crippen LogP contribution in [0, 0.1) is 5.92 Å². The van der Waals surface area contributed by atoms with E-state index in [1.54, 1.807) is 18.3 Å². The maximum atomic E-state index is 13.1. The molecule has 0 bridgehead atoms. The van der Waals surface area contributed by atoms with E-state index in [4.69, 9.17) is 19.9 Å². The number of benzene rings is 1. The Labute approximate surface area is 210 Å². The van der Waals surface area contributed by atoms with Crippen molar-refractivity contribution in [2.75, 3.05) is 31.7 Å². The Balaban J connectivity index is 1.14. The maximum absolute atomic E-state index is 13.1. The highest BCUT2D eigenvalue weighted by Crippen LogP contribution is 2.31. The van der Waals surface area contributed by atoms with Gasteiger partial charge in [0, 0.05) is 30.8 Å². The zero-order chi connectivity index (χ0) is 24.7. The minimum atomic E-state index is -0.0236. The molecule has 36 heavy (non-hydrogen) atoms. The van der Waals surface area contributed by atoms with Crippen LogP contribution in [0.5, 0.6) is 17.4 Å². The molecule has 0 saturated heterocycles. The van der Waals surface area contributed by atoms with Gasteiger partial charge in [-0.15, -0.1) is 0 Å². The standard InChI is InChI=1S/C27H33N5O4/c28-11-1-13-36-25-9-7-21-26(32-25)22(10-12-29-21)31-27(33)19-3-5-20(6-4-19)30-17-18-2-8-23-24(16-18)35-15-14-34-23/h2,7-10,12,16,19-20,30H,1,3-6,11,13-15,17,28H2,(H,29,31,33)/t19-,20-. The summed E-state index contributed by atoms with van der Waals surface area (Å²) in [5.41, 5.74) is 8.71. The minimum Gasteiger partial charge on any atom is -0.486 e. The molecule has 1 aromatic carbocycles. The Kier molecular flexibility index (Phi) is 7.78. The van der Waals surface area contributed by atoms with E-state index in [2.05, 4.69) is 26.7 Å². The molecule has 0 atom stereocenters. The number of nitrogens with zero attached hydrogens (tertiary/aromatic N) is 2. The number of ether oxygens (including phenoxy) is 3. The minimum absolute atomic E-state index is 0.0236. The lowest BCUT2D eigenvalue weighted by Crippen LogP contribution is -2.36. The first-order valence-corrected chi connectivity index (χ1v) is 12.7. The van der Waals surface area contributed by atoms with Crippen molar-refractivity contribution in [1.82, 2.24) is 15.3 Å². The highest BCUT2D eigenvalue weighted by atomic mass is 16.6. The van der Waals surface area contributed by atoms with Crippen molar-refractivity contribution in [3.63, 3.8) is 0 Å². The van der Waals surface area contributed by atoms with Crippen molar-refractivity contribution in [2.45, 2.75) is 44.7 Å². The maximum Gasteiger partial charge on any atom is 0.227 e. The normalized spacial score (nSPS) is 19.1. The van der Waals surface area contributed by atoms with Gasteiger partial charge in [0.15, 0.2) is 11.5 Å². The van der Waals surface area contributed by atoms with E-state index in [0.29, 0.717) is 55.0 Å². The Morgan fingerprint density at radius 3 is 2.72 bits per heavy atom. The van der Waals surface area contributed by atoms with E-state index in [9.17, 15) is 4.79 Å². The second kappa shape index (κ2) is 11.5. The van der Waals surface area contributed by atoms with Gasteiger partial charge in [0.2, 0.25) is 11.8 Å². The summed E-state index contributed by atoms with van der Waals surface area (Å²) < 4.78 is 17.0. The average Bonchev–Trinajstić information content (AvgIpc) is 2.92. The summed E-state index contributed by atoms with van der Waals surface area (Å²) >= 11 is 0. The number of anilines is 1. The van der Waals surface area contributed by atoms with Gasteiger partial charge in [0.25, 0.3) is 0 Å². The molecule has 0 spiro atoms. The number of nitrogens with one attached hydrogen (secondary N) is 2. The molecule has 0 radical (unpaired) electrons. The van der Waals surface area contributed by atoms with E-state index in [-0.39, 0.29) is 11.8 Å². The lowest BCUT2D eigenvalue weighted by Gasteiger charge is -2.29. The molecule has 2 aromatic heterocycles. The second-order valence-corrected chi connectivity index (χ2v) is 9.26. The predicted molar refractivity (Wildman–Crippen MR) is 137 cm³/mol. The molecule has 1 aliphatic heterocycles. The Morgan fingerprint density at radius 2 is 1.89 bits per heavy atom. The molecule has 190 valence electrons. The fraction of sp³-hybridized carbons (Fsp3) is 0.444. The van der Waals surface area contributed by atoms with Crippen LogP contribution in [0.25, 0.3) is 11.0 Å². The van der Waals surface area contributed by atoms with Crippen LogP contribution in [0.2, 0.25) is 0 Å². The van der Waals surface area contributed by atoms with Crippen LogP contribution in [0.1, 0.15) is 37.7 Å². The summed E-state index contributed by atoms with van der Waals surface area (Å²) in [5, 5.41) is 6.72. The Hall–Kier alpha value is -3.43. The van der Waals surface area contributed by atoms with E-state index in [1.165, 1.54) is 5.56 Å². The van der Waals surface area contributed by atoms with Gasteiger partial charge < -0.3 is 30.6 Å². The van der Waals surface area contributed by atoms with Gasteiger partial charge in [-0.2, -0.15) is 0 Å². The first-order chi connectivity index (χ1) is 17.7. The number of nitrogens with two attached hydrogens (primary N) is 1. The van der Waals surface area contributed by atoms with Gasteiger partial charge in [0.05, 0.1) is 17.8 Å². The third-order valence-electron chi connectivity index (χ3n) is 6.71. The zero-order valence-corrected chi connectivity index (χ0v) is 20.4. The smallest absolute Gasteiger partial charge is 0.227 e. The first-order valence-electron chi connectivity index (χ1n) is 12.7. The molecular weight excluding hydrogens is 458 g/mol. The van der Waals surface area contributed by atoms with E-state index >= 15 is 0 Å². The third-order valence-corrected chi connectivity index (χ3v) is 6.71. The first kappa shape index (κ1) is 24.3. The summed E-state index contributed by atoms with van der Waals surface area (Å²) in [6.45, 7) is 3.02. The van der Waals surface area contributed by atoms with Crippen molar-refractivity contribution < 1.29 is 19.0 Å². The van der Waals surface area contributed by atoms with Crippen molar-refractivity contribution in [1.29, 1.82) is 0 Å². The fourth-order valence-electron chi connectivity index (χ4n) is 4.70. The lowest BCUT2D eigenvalue weighted by molar-refractivity contribution is -0.120. The molecule has 0 unspecified atom stereocenters. The molecule has 9 heteroatoms. The number of amides is 1. The van der Waals surface area contributed by atoms with Crippen LogP contribution in [-0.2, 0) is 11.3 Å². The van der Waals surface area contributed by atoms with Gasteiger partial charge in [-0.25, -0.2) is 4.98 Å². The van der Waals surface area contributed by atoms with Crippen LogP contribution >= 0.6 is 0 Å². The van der Waals surface area contributed by atoms with E-state index < -0.39 is 0 Å². The Morgan fingerprint density at radius 1 is 1.06 bits per heavy atom. The van der Waals surface area contributed by atoms with Crippen LogP contribution < -0.4 is 30.6 Å². The summed E-state index contributed by atoms with van der Waals surface area (Å²) in [6.07, 6.45) is 6.04. The molecule has 5 rings (SSSR count). The number of hydrogen-bond donors (Lipinski definition) is 3. The average molecular weight is 492 g/mol. The number of rotatable bonds is 9. The van der Waals surface area contributed by atoms with Gasteiger partial charge in [-0.1, -0.05) is 6.07 Å². The van der Waals surface area contributed by atoms with E-state index in [0.717, 1.165) is 50.1 Å². The lowest BCUT2D eigenvalue weighted by atomic mass is 9.85. The zero-order valence-electron chi connectivity index (χ0n) is 20.4. The highest BCUT2D eigenvalue weighted by Gasteiger charge is 2.26. The fourth-order valence-corrected chi connectivity index (χ4v) is 4.70. The van der Waals surface area contributed by atoms with E-state index in [1.807, 2.05) is 18.2 Å². The van der Waals surface area contributed by atoms with Crippen LogP contribution in [0.4, 0.5) is 5.69 Å². The molecule has 2 aliphatic rings. The molecule has 3 heterocycles. The Bertz CT molecular complexity index is 1200. The molecule has 3 aromatic rings. The molecule has 1 aliphatic carbocycles. The summed E-state index contributed by atoms with van der Waals surface area (Å²) in [7, 11) is 0. The molecule has 4 N–H and O–H groups in total. The molecule has 1 fully saturated rings. The SMILES string of the molecule is NCCCOc1ccc2nccc(NC(=O)[C@H]3CC[C@H](NCc4ccc5c(c4)OCCO5)CC3)c2n1. The predicted octanol–water partition coefficient (Wildman–Crippen LogP) is 3.42. The summed E-state index contributed by atoms with van der Waals surface area (Å²) in [4.78, 5) is 22.0. The van der Waals surface area contributed by atoms with Gasteiger partial charge in [-0.3, -0.25) is 9.78 Å². The highest BCUT2D eigenvalue weighted by molar-refractivity contribution is 6.00. The summed E-state index contributed by atoms with van der Waals surface area (Å²) in [5.74, 6) is 2.13. The second-order valence-electron chi connectivity index (χ2n) is 9.26. The number of pyridine rings is 2. The van der Waals surface area contributed by atoms with Crippen molar-refractivity contribution in [3.8, 4) is 17.4 Å². The van der Waals surface area contributed by atoms with Crippen LogP contribution in [-0.4, -0.2) is 48.3 Å². The van der Waals surface area contributed by atoms with Gasteiger partial charge in [-0.05, 0) is 68.5 Å². The third kappa shape index (κ3) is 5.85. The number of carbonyl (C=O) groups is 1. The van der Waals surface area contributed by atoms with Gasteiger partial charge >= 0.3 is 0 Å². The molecule has 1 amide bonds. The monoisotopic (exact) mass is 491 g/mol. The van der Waals surface area contributed by atoms with Crippen LogP contribution in [0.3, 0.4) is 0 Å². The van der Waals surface area contributed by atoms with Gasteiger partial charge in [0.1, 0.15) is 18.7 Å². The van der Waals surface area contributed by atoms with Crippen molar-refractivity contribution in [3.05, 3.63) is 48.2 Å². The number of hydrogen-bond acceptors (Lipinski definition) is 8. The van der Waals surface area contributed by atoms with Crippen LogP contribution in [0.15, 0.2) is 42.6 Å². The topological polar surface area (TPSA) is 121 Å². The molecule has 9 nitrogen and oxygen atoms in total. The summed E-state index contributed by atoms with van der Waals surface area (Å²) in [6, 6.07) is 11.9. The number of carbonyl (C=O) groups excluding carboxylic acids is 1. The molecule has 1 saturated carbocycles. The largest absolute Gasteiger partial charge is 0.486 e. The molecular formula is C27H33N5O4. The number of aromatic nitrogens is 2. The van der Waals surface area contributed by atoms with Crippen molar-refractivity contribution >= 4 is 22.6 Å². The van der Waals surface area contributed by atoms with Crippen molar-refractivity contribution in [2.24, 2.45) is 11.7 Å². The number of fused-ring (bicyclic) bond motifs is 2.